The lowest BCUT2D eigenvalue weighted by Crippen LogP contribution is -2.45. The molecule has 0 unspecified atom stereocenters. The second-order valence-corrected chi connectivity index (χ2v) is 8.08. The van der Waals surface area contributed by atoms with Gasteiger partial charge in [0.25, 0.3) is 0 Å². The number of benzene rings is 2. The summed E-state index contributed by atoms with van der Waals surface area (Å²) < 4.78 is 21.3. The van der Waals surface area contributed by atoms with Crippen LogP contribution in [0.15, 0.2) is 58.8 Å². The van der Waals surface area contributed by atoms with Gasteiger partial charge in [0.1, 0.15) is 12.4 Å². The molecule has 2 aromatic carbocycles. The lowest BCUT2D eigenvalue weighted by molar-refractivity contribution is -0.136. The second-order valence-electron chi connectivity index (χ2n) is 8.08. The van der Waals surface area contributed by atoms with Gasteiger partial charge >= 0.3 is 18.0 Å². The van der Waals surface area contributed by atoms with Crippen molar-refractivity contribution in [2.24, 2.45) is 5.10 Å². The number of aliphatic hydroxyl groups is 1. The second kappa shape index (κ2) is 13.1. The van der Waals surface area contributed by atoms with Crippen molar-refractivity contribution < 1.29 is 38.4 Å². The molecule has 0 fully saturated rings. The Morgan fingerprint density at radius 1 is 1.16 bits per heavy atom. The zero-order chi connectivity index (χ0) is 27.7. The van der Waals surface area contributed by atoms with Gasteiger partial charge in [-0.1, -0.05) is 6.07 Å². The van der Waals surface area contributed by atoms with Gasteiger partial charge in [-0.3, -0.25) is 10.2 Å². The van der Waals surface area contributed by atoms with Gasteiger partial charge in [-0.15, -0.1) is 0 Å². The van der Waals surface area contributed by atoms with Gasteiger partial charge in [-0.05, 0) is 61.4 Å². The number of nitrogens with zero attached hydrogens (tertiary/aromatic N) is 1. The molecule has 12 heteroatoms. The van der Waals surface area contributed by atoms with Crippen LogP contribution in [0.4, 0.5) is 4.79 Å². The maximum Gasteiger partial charge on any atom is 0.337 e. The molecule has 1 aliphatic heterocycles. The average Bonchev–Trinajstić information content (AvgIpc) is 2.88. The predicted molar refractivity (Wildman–Crippen MR) is 137 cm³/mol. The Kier molecular flexibility index (Phi) is 9.66. The molecule has 12 nitrogen and oxygen atoms in total. The van der Waals surface area contributed by atoms with Crippen molar-refractivity contribution in [3.05, 3.63) is 64.9 Å². The Bertz CT molecular complexity index is 1230. The zero-order valence-corrected chi connectivity index (χ0v) is 21.4. The molecule has 4 N–H and O–H groups in total. The first-order chi connectivity index (χ1) is 18.2. The van der Waals surface area contributed by atoms with Gasteiger partial charge < -0.3 is 34.7 Å². The van der Waals surface area contributed by atoms with E-state index in [0.29, 0.717) is 35.1 Å². The summed E-state index contributed by atoms with van der Waals surface area (Å²) in [5, 5.41) is 19.5. The Hall–Kier alpha value is -4.58. The number of hydrazone groups is 1. The van der Waals surface area contributed by atoms with Crippen molar-refractivity contribution in [2.75, 3.05) is 20.3 Å². The molecule has 0 aromatic heterocycles. The van der Waals surface area contributed by atoms with E-state index in [1.54, 1.807) is 56.3 Å². The van der Waals surface area contributed by atoms with Crippen molar-refractivity contribution >= 4 is 24.2 Å². The number of carbonyl (C=O) groups is 3. The highest BCUT2D eigenvalue weighted by Gasteiger charge is 2.32. The molecule has 3 rings (SSSR count). The van der Waals surface area contributed by atoms with E-state index in [2.05, 4.69) is 21.2 Å². The number of rotatable bonds is 11. The first-order valence-corrected chi connectivity index (χ1v) is 11.7. The minimum absolute atomic E-state index is 0.154. The van der Waals surface area contributed by atoms with Crippen LogP contribution in [-0.2, 0) is 14.3 Å². The summed E-state index contributed by atoms with van der Waals surface area (Å²) in [6.07, 6.45) is 0.351. The fourth-order valence-electron chi connectivity index (χ4n) is 3.61. The number of amides is 2. The fraction of sp³-hybridized carbons (Fsp3) is 0.308. The molecule has 38 heavy (non-hydrogen) atoms. The van der Waals surface area contributed by atoms with E-state index in [1.807, 2.05) is 0 Å². The standard InChI is InChI=1S/C26H30N4O8/c1-5-36-21-12-18(24-23(25(33)35-4)15(2)28-26(34)29-24)8-11-20(21)37-14-22(32)30-27-13-17-6-9-19(10-7-17)38-16(3)31/h6-13,22,24,30,32H,5,14H2,1-4H3,(H2,28,29,34)/b27-13+/t22-,24-/m0/s1. The molecule has 1 aliphatic rings. The lowest BCUT2D eigenvalue weighted by Gasteiger charge is -2.28. The average molecular weight is 527 g/mol. The van der Waals surface area contributed by atoms with Crippen molar-refractivity contribution in [1.82, 2.24) is 16.1 Å². The molecule has 202 valence electrons. The summed E-state index contributed by atoms with van der Waals surface area (Å²) >= 11 is 0. The third-order valence-corrected chi connectivity index (χ3v) is 5.25. The molecule has 0 bridgehead atoms. The minimum Gasteiger partial charge on any atom is -0.490 e. The fourth-order valence-corrected chi connectivity index (χ4v) is 3.61. The van der Waals surface area contributed by atoms with Crippen LogP contribution in [0.1, 0.15) is 37.9 Å². The van der Waals surface area contributed by atoms with E-state index >= 15 is 0 Å². The van der Waals surface area contributed by atoms with Crippen molar-refractivity contribution in [3.63, 3.8) is 0 Å². The predicted octanol–water partition coefficient (Wildman–Crippen LogP) is 2.13. The number of ether oxygens (including phenoxy) is 4. The number of urea groups is 1. The normalized spacial score (nSPS) is 15.8. The van der Waals surface area contributed by atoms with Gasteiger partial charge in [0.15, 0.2) is 17.7 Å². The lowest BCUT2D eigenvalue weighted by atomic mass is 9.95. The molecule has 0 spiro atoms. The first-order valence-electron chi connectivity index (χ1n) is 11.7. The van der Waals surface area contributed by atoms with Crippen molar-refractivity contribution in [1.29, 1.82) is 0 Å². The molecule has 1 heterocycles. The van der Waals surface area contributed by atoms with Crippen LogP contribution in [0.3, 0.4) is 0 Å². The maximum atomic E-state index is 12.4. The summed E-state index contributed by atoms with van der Waals surface area (Å²) in [5.74, 6) is 0.148. The highest BCUT2D eigenvalue weighted by atomic mass is 16.5. The molecule has 0 saturated carbocycles. The van der Waals surface area contributed by atoms with Gasteiger partial charge in [-0.25, -0.2) is 9.59 Å². The van der Waals surface area contributed by atoms with E-state index < -0.39 is 30.2 Å². The quantitative estimate of drug-likeness (QED) is 0.113. The first kappa shape index (κ1) is 28.0. The SMILES string of the molecule is CCOc1cc([C@@H]2NC(=O)NC(C)=C2C(=O)OC)ccc1OC[C@H](O)N/N=C/c1ccc(OC(C)=O)cc1. The zero-order valence-electron chi connectivity index (χ0n) is 21.4. The number of allylic oxidation sites excluding steroid dienone is 1. The summed E-state index contributed by atoms with van der Waals surface area (Å²) in [6.45, 7) is 4.92. The van der Waals surface area contributed by atoms with Crippen molar-refractivity contribution in [3.8, 4) is 17.2 Å². The van der Waals surface area contributed by atoms with Gasteiger partial charge in [0.2, 0.25) is 0 Å². The Balaban J connectivity index is 1.65. The monoisotopic (exact) mass is 526 g/mol. The van der Waals surface area contributed by atoms with Crippen LogP contribution in [0.2, 0.25) is 0 Å². The number of nitrogens with one attached hydrogen (secondary N) is 3. The summed E-state index contributed by atoms with van der Waals surface area (Å²) in [7, 11) is 1.27. The van der Waals surface area contributed by atoms with Crippen LogP contribution in [0.25, 0.3) is 0 Å². The summed E-state index contributed by atoms with van der Waals surface area (Å²) in [6, 6.07) is 10.4. The Morgan fingerprint density at radius 2 is 1.89 bits per heavy atom. The highest BCUT2D eigenvalue weighted by molar-refractivity contribution is 5.95. The Labute approximate surface area is 219 Å². The topological polar surface area (TPSA) is 157 Å². The van der Waals surface area contributed by atoms with Crippen LogP contribution in [0.5, 0.6) is 17.2 Å². The van der Waals surface area contributed by atoms with Gasteiger partial charge in [0, 0.05) is 12.6 Å². The number of aliphatic hydroxyl groups excluding tert-OH is 1. The van der Waals surface area contributed by atoms with Crippen LogP contribution >= 0.6 is 0 Å². The molecular weight excluding hydrogens is 496 g/mol. The summed E-state index contributed by atoms with van der Waals surface area (Å²) in [5.41, 5.74) is 4.51. The van der Waals surface area contributed by atoms with Crippen molar-refractivity contribution in [2.45, 2.75) is 33.0 Å². The number of hydrogen-bond acceptors (Lipinski definition) is 10. The largest absolute Gasteiger partial charge is 0.490 e. The van der Waals surface area contributed by atoms with E-state index in [0.717, 1.165) is 5.56 Å². The van der Waals surface area contributed by atoms with Crippen LogP contribution in [0, 0.1) is 0 Å². The highest BCUT2D eigenvalue weighted by Crippen LogP contribution is 2.34. The molecule has 2 atom stereocenters. The van der Waals surface area contributed by atoms with Crippen LogP contribution < -0.4 is 30.3 Å². The van der Waals surface area contributed by atoms with Gasteiger partial charge in [-0.2, -0.15) is 5.10 Å². The van der Waals surface area contributed by atoms with E-state index in [-0.39, 0.29) is 12.2 Å². The molecular formula is C26H30N4O8. The molecule has 0 aliphatic carbocycles. The number of carbonyl (C=O) groups excluding carboxylic acids is 3. The molecule has 0 radical (unpaired) electrons. The van der Waals surface area contributed by atoms with E-state index in [9.17, 15) is 19.5 Å². The third-order valence-electron chi connectivity index (χ3n) is 5.25. The maximum absolute atomic E-state index is 12.4. The summed E-state index contributed by atoms with van der Waals surface area (Å²) in [4.78, 5) is 35.4. The van der Waals surface area contributed by atoms with Gasteiger partial charge in [0.05, 0.1) is 31.5 Å². The number of methoxy groups -OCH3 is 1. The molecule has 2 amide bonds. The molecule has 2 aromatic rings. The van der Waals surface area contributed by atoms with E-state index in [4.69, 9.17) is 18.9 Å². The smallest absolute Gasteiger partial charge is 0.337 e. The number of hydrogen-bond donors (Lipinski definition) is 4. The minimum atomic E-state index is -1.14. The molecule has 0 saturated heterocycles. The Morgan fingerprint density at radius 3 is 2.55 bits per heavy atom. The van der Waals surface area contributed by atoms with Crippen LogP contribution in [-0.4, -0.2) is 55.8 Å². The van der Waals surface area contributed by atoms with E-state index in [1.165, 1.54) is 20.2 Å². The number of esters is 2. The third kappa shape index (κ3) is 7.46.